The van der Waals surface area contributed by atoms with Crippen molar-refractivity contribution < 1.29 is 33.1 Å². The maximum Gasteiger partial charge on any atom is 0.470 e. The second kappa shape index (κ2) is 6.32. The second-order valence-electron chi connectivity index (χ2n) is 4.65. The van der Waals surface area contributed by atoms with E-state index in [1.54, 1.807) is 4.98 Å². The van der Waals surface area contributed by atoms with E-state index in [-0.39, 0.29) is 6.42 Å². The third-order valence-electron chi connectivity index (χ3n) is 3.05. The number of H-pyrrole nitrogens is 1. The predicted molar refractivity (Wildman–Crippen MR) is 68.3 cm³/mol. The number of ether oxygens (including phenoxy) is 1. The molecule has 0 bridgehead atoms. The van der Waals surface area contributed by atoms with Gasteiger partial charge in [0.1, 0.15) is 12.3 Å². The van der Waals surface area contributed by atoms with Crippen molar-refractivity contribution >= 4 is 7.82 Å². The Labute approximate surface area is 126 Å². The zero-order valence-electron chi connectivity index (χ0n) is 11.2. The Bertz CT molecular complexity index is 795. The van der Waals surface area contributed by atoms with Crippen molar-refractivity contribution in [3.05, 3.63) is 32.9 Å². The zero-order valence-corrected chi connectivity index (χ0v) is 12.1. The lowest BCUT2D eigenvalue weighted by Gasteiger charge is -2.20. The molecular weight excluding hydrogens is 340 g/mol. The van der Waals surface area contributed by atoms with Crippen molar-refractivity contribution in [3.8, 4) is 6.07 Å². The average molecular weight is 351 g/mol. The molecule has 1 aliphatic heterocycles. The first-order valence-electron chi connectivity index (χ1n) is 6.10. The van der Waals surface area contributed by atoms with Crippen molar-refractivity contribution in [2.45, 2.75) is 31.0 Å². The number of nitriles is 1. The van der Waals surface area contributed by atoms with Crippen LogP contribution in [0.25, 0.3) is 0 Å². The minimum Gasteiger partial charge on any atom is -0.390 e. The summed E-state index contributed by atoms with van der Waals surface area (Å²) in [7, 11) is -5.02. The highest BCUT2D eigenvalue weighted by molar-refractivity contribution is 7.46. The summed E-state index contributed by atoms with van der Waals surface area (Å²) < 4.78 is 34.1. The molecule has 4 atom stereocenters. The highest BCUT2D eigenvalue weighted by Crippen LogP contribution is 2.41. The van der Waals surface area contributed by atoms with Gasteiger partial charge in [-0.3, -0.25) is 18.9 Å². The van der Waals surface area contributed by atoms with Crippen molar-refractivity contribution in [1.29, 1.82) is 5.26 Å². The predicted octanol–water partition coefficient (Wildman–Crippen LogP) is -1.67. The minimum absolute atomic E-state index is 0.293. The Kier molecular flexibility index (Phi) is 4.81. The van der Waals surface area contributed by atoms with Gasteiger partial charge >= 0.3 is 13.5 Å². The Morgan fingerprint density at radius 3 is 2.78 bits per heavy atom. The molecule has 1 aromatic heterocycles. The van der Waals surface area contributed by atoms with Crippen LogP contribution in [-0.2, 0) is 13.8 Å². The van der Waals surface area contributed by atoms with Gasteiger partial charge in [0, 0.05) is 6.42 Å². The third-order valence-corrected chi connectivity index (χ3v) is 3.55. The minimum atomic E-state index is -5.02. The molecule has 11 nitrogen and oxygen atoms in total. The molecule has 13 heteroatoms. The van der Waals surface area contributed by atoms with Crippen LogP contribution in [0.4, 0.5) is 4.39 Å². The largest absolute Gasteiger partial charge is 0.470 e. The number of phosphoric acid groups is 1. The number of aromatic nitrogens is 2. The first kappa shape index (κ1) is 17.5. The standard InChI is InChI=1S/C10H11FN3O8P/c11-4-3-14(10(17)13-9(4)16)7-1-5(15)8(21-7)6(2-12)22-23(18,19)20/h3,5-8,15H,1H2,(H,13,16,17)(H2,18,19,20)/t5-,6+,7+,8-/m0/s1. The molecular formula is C10H11FN3O8P. The Hall–Kier alpha value is -1.87. The van der Waals surface area contributed by atoms with Crippen LogP contribution < -0.4 is 11.2 Å². The van der Waals surface area contributed by atoms with E-state index in [2.05, 4.69) is 4.52 Å². The summed E-state index contributed by atoms with van der Waals surface area (Å²) in [5.74, 6) is -1.27. The van der Waals surface area contributed by atoms with Gasteiger partial charge in [0.05, 0.1) is 18.4 Å². The summed E-state index contributed by atoms with van der Waals surface area (Å²) in [6.07, 6.45) is -5.72. The average Bonchev–Trinajstić information content (AvgIpc) is 2.81. The highest BCUT2D eigenvalue weighted by atomic mass is 31.2. The van der Waals surface area contributed by atoms with Gasteiger partial charge in [-0.25, -0.2) is 9.36 Å². The maximum absolute atomic E-state index is 13.3. The number of aromatic amines is 1. The van der Waals surface area contributed by atoms with Crippen molar-refractivity contribution in [3.63, 3.8) is 0 Å². The molecule has 126 valence electrons. The second-order valence-corrected chi connectivity index (χ2v) is 5.84. The third kappa shape index (κ3) is 3.91. The molecule has 0 radical (unpaired) electrons. The number of hydrogen-bond donors (Lipinski definition) is 4. The molecule has 0 unspecified atom stereocenters. The SMILES string of the molecule is N#C[C@@H](OP(=O)(O)O)[C@H]1O[C@@H](n2cc(F)c(=O)[nH]c2=O)C[C@@H]1O. The van der Waals surface area contributed by atoms with Gasteiger partial charge in [-0.15, -0.1) is 0 Å². The van der Waals surface area contributed by atoms with E-state index in [4.69, 9.17) is 19.8 Å². The molecule has 0 saturated carbocycles. The van der Waals surface area contributed by atoms with Gasteiger partial charge in [-0.1, -0.05) is 0 Å². The van der Waals surface area contributed by atoms with Crippen LogP contribution in [0.2, 0.25) is 0 Å². The maximum atomic E-state index is 13.3. The number of halogens is 1. The molecule has 4 N–H and O–H groups in total. The monoisotopic (exact) mass is 351 g/mol. The van der Waals surface area contributed by atoms with E-state index in [1.165, 1.54) is 6.07 Å². The zero-order chi connectivity index (χ0) is 17.4. The smallest absolute Gasteiger partial charge is 0.390 e. The van der Waals surface area contributed by atoms with Crippen molar-refractivity contribution in [1.82, 2.24) is 9.55 Å². The summed E-state index contributed by atoms with van der Waals surface area (Å²) in [6, 6.07) is 1.42. The fourth-order valence-electron chi connectivity index (χ4n) is 2.10. The summed E-state index contributed by atoms with van der Waals surface area (Å²) in [5, 5.41) is 18.7. The van der Waals surface area contributed by atoms with Crippen LogP contribution >= 0.6 is 7.82 Å². The first-order chi connectivity index (χ1) is 10.6. The van der Waals surface area contributed by atoms with Gasteiger partial charge in [-0.05, 0) is 0 Å². The lowest BCUT2D eigenvalue weighted by atomic mass is 10.1. The summed E-state index contributed by atoms with van der Waals surface area (Å²) >= 11 is 0. The van der Waals surface area contributed by atoms with Gasteiger partial charge in [0.25, 0.3) is 5.56 Å². The highest BCUT2D eigenvalue weighted by Gasteiger charge is 2.43. The van der Waals surface area contributed by atoms with Crippen LogP contribution in [0, 0.1) is 17.1 Å². The Morgan fingerprint density at radius 1 is 1.57 bits per heavy atom. The van der Waals surface area contributed by atoms with Crippen molar-refractivity contribution in [2.75, 3.05) is 0 Å². The molecule has 1 aromatic rings. The van der Waals surface area contributed by atoms with Gasteiger partial charge in [0.15, 0.2) is 6.10 Å². The number of aliphatic hydroxyl groups is 1. The number of nitrogens with one attached hydrogen (secondary N) is 1. The normalized spacial score (nSPS) is 26.0. The summed E-state index contributed by atoms with van der Waals surface area (Å²) in [5.41, 5.74) is -2.25. The molecule has 2 heterocycles. The number of rotatable bonds is 4. The van der Waals surface area contributed by atoms with Gasteiger partial charge < -0.3 is 19.6 Å². The number of phosphoric ester groups is 1. The molecule has 2 rings (SSSR count). The van der Waals surface area contributed by atoms with Crippen LogP contribution in [0.15, 0.2) is 15.8 Å². The number of aliphatic hydroxyl groups excluding tert-OH is 1. The fraction of sp³-hybridized carbons (Fsp3) is 0.500. The van der Waals surface area contributed by atoms with Crippen LogP contribution in [-0.4, -0.2) is 42.8 Å². The van der Waals surface area contributed by atoms with Gasteiger partial charge in [-0.2, -0.15) is 9.65 Å². The molecule has 1 saturated heterocycles. The molecule has 0 aliphatic carbocycles. The molecule has 0 amide bonds. The van der Waals surface area contributed by atoms with E-state index < -0.39 is 49.4 Å². The van der Waals surface area contributed by atoms with E-state index >= 15 is 0 Å². The fourth-order valence-corrected chi connectivity index (χ4v) is 2.56. The van der Waals surface area contributed by atoms with E-state index in [1.807, 2.05) is 0 Å². The number of hydrogen-bond acceptors (Lipinski definition) is 7. The molecule has 1 aliphatic rings. The Balaban J connectivity index is 2.26. The number of nitrogens with zero attached hydrogens (tertiary/aromatic N) is 2. The van der Waals surface area contributed by atoms with E-state index in [0.29, 0.717) is 10.8 Å². The van der Waals surface area contributed by atoms with Crippen molar-refractivity contribution in [2.24, 2.45) is 0 Å². The quantitative estimate of drug-likeness (QED) is 0.462. The van der Waals surface area contributed by atoms with E-state index in [0.717, 1.165) is 0 Å². The lowest BCUT2D eigenvalue weighted by molar-refractivity contribution is -0.0646. The molecule has 0 aromatic carbocycles. The molecule has 0 spiro atoms. The molecule has 1 fully saturated rings. The summed E-state index contributed by atoms with van der Waals surface area (Å²) in [4.78, 5) is 41.7. The summed E-state index contributed by atoms with van der Waals surface area (Å²) in [6.45, 7) is 0. The first-order valence-corrected chi connectivity index (χ1v) is 7.63. The van der Waals surface area contributed by atoms with Crippen LogP contribution in [0.5, 0.6) is 0 Å². The van der Waals surface area contributed by atoms with Crippen LogP contribution in [0.1, 0.15) is 12.6 Å². The lowest BCUT2D eigenvalue weighted by Crippen LogP contribution is -2.36. The van der Waals surface area contributed by atoms with Crippen LogP contribution in [0.3, 0.4) is 0 Å². The Morgan fingerprint density at radius 2 is 2.22 bits per heavy atom. The van der Waals surface area contributed by atoms with Gasteiger partial charge in [0.2, 0.25) is 5.82 Å². The topological polar surface area (TPSA) is 175 Å². The molecule has 23 heavy (non-hydrogen) atoms. The van der Waals surface area contributed by atoms with E-state index in [9.17, 15) is 23.7 Å².